The van der Waals surface area contributed by atoms with Gasteiger partial charge in [-0.15, -0.1) is 0 Å². The van der Waals surface area contributed by atoms with E-state index in [1.807, 2.05) is 16.8 Å². The number of rotatable bonds is 4. The average molecular weight is 311 g/mol. The molecule has 0 aliphatic heterocycles. The summed E-state index contributed by atoms with van der Waals surface area (Å²) in [4.78, 5) is 12.0. The molecule has 0 atom stereocenters. The molecule has 0 spiro atoms. The first-order chi connectivity index (χ1) is 8.20. The molecule has 88 valence electrons. The van der Waals surface area contributed by atoms with E-state index < -0.39 is 0 Å². The van der Waals surface area contributed by atoms with Gasteiger partial charge in [0.2, 0.25) is 0 Å². The van der Waals surface area contributed by atoms with E-state index in [2.05, 4.69) is 15.9 Å². The monoisotopic (exact) mass is 310 g/mol. The van der Waals surface area contributed by atoms with Gasteiger partial charge in [-0.3, -0.25) is 4.79 Å². The minimum absolute atomic E-state index is 0.117. The lowest BCUT2D eigenvalue weighted by molar-refractivity contribution is 0.0993. The van der Waals surface area contributed by atoms with E-state index >= 15 is 0 Å². The van der Waals surface area contributed by atoms with Crippen LogP contribution in [0.5, 0.6) is 5.75 Å². The lowest BCUT2D eigenvalue weighted by Crippen LogP contribution is -2.02. The maximum atomic E-state index is 12.0. The number of hydrogen-bond acceptors (Lipinski definition) is 3. The zero-order chi connectivity index (χ0) is 12.3. The molecule has 0 bridgehead atoms. The van der Waals surface area contributed by atoms with Crippen LogP contribution in [0.2, 0.25) is 0 Å². The molecule has 0 aliphatic rings. The SMILES string of the molecule is COc1ccc(C(=O)Cc2ccsc2)cc1Br. The molecular formula is C13H11BrO2S. The minimum Gasteiger partial charge on any atom is -0.496 e. The Morgan fingerprint density at radius 1 is 1.41 bits per heavy atom. The van der Waals surface area contributed by atoms with Gasteiger partial charge in [0, 0.05) is 12.0 Å². The zero-order valence-corrected chi connectivity index (χ0v) is 11.7. The molecule has 1 heterocycles. The first-order valence-corrected chi connectivity index (χ1v) is 6.82. The Hall–Kier alpha value is -1.13. The van der Waals surface area contributed by atoms with Gasteiger partial charge in [-0.2, -0.15) is 11.3 Å². The van der Waals surface area contributed by atoms with Gasteiger partial charge < -0.3 is 4.74 Å². The standard InChI is InChI=1S/C13H11BrO2S/c1-16-13-3-2-10(7-11(13)14)12(15)6-9-4-5-17-8-9/h2-5,7-8H,6H2,1H3. The summed E-state index contributed by atoms with van der Waals surface area (Å²) in [6, 6.07) is 7.36. The predicted octanol–water partition coefficient (Wildman–Crippen LogP) is 3.94. The summed E-state index contributed by atoms with van der Waals surface area (Å²) in [5.74, 6) is 0.851. The molecule has 2 nitrogen and oxygen atoms in total. The van der Waals surface area contributed by atoms with Crippen molar-refractivity contribution in [2.24, 2.45) is 0 Å². The third kappa shape index (κ3) is 2.96. The average Bonchev–Trinajstić information content (AvgIpc) is 2.81. The summed E-state index contributed by atoms with van der Waals surface area (Å²) in [5.41, 5.74) is 1.76. The van der Waals surface area contributed by atoms with E-state index in [9.17, 15) is 4.79 Å². The second kappa shape index (κ2) is 5.47. The predicted molar refractivity (Wildman–Crippen MR) is 73.0 cm³/mol. The number of hydrogen-bond donors (Lipinski definition) is 0. The molecule has 4 heteroatoms. The topological polar surface area (TPSA) is 26.3 Å². The van der Waals surface area contributed by atoms with Crippen LogP contribution in [-0.4, -0.2) is 12.9 Å². The number of Topliss-reactive ketones (excluding diaryl/α,β-unsaturated/α-hetero) is 1. The summed E-state index contributed by atoms with van der Waals surface area (Å²) >= 11 is 4.98. The summed E-state index contributed by atoms with van der Waals surface area (Å²) < 4.78 is 5.93. The van der Waals surface area contributed by atoms with Gasteiger partial charge in [0.05, 0.1) is 11.6 Å². The fourth-order valence-electron chi connectivity index (χ4n) is 1.52. The van der Waals surface area contributed by atoms with Gasteiger partial charge in [-0.05, 0) is 56.5 Å². The van der Waals surface area contributed by atoms with Crippen LogP contribution in [0.3, 0.4) is 0 Å². The van der Waals surface area contributed by atoms with E-state index in [1.54, 1.807) is 36.6 Å². The van der Waals surface area contributed by atoms with Crippen LogP contribution in [-0.2, 0) is 6.42 Å². The third-order valence-electron chi connectivity index (χ3n) is 2.42. The second-order valence-electron chi connectivity index (χ2n) is 3.58. The Morgan fingerprint density at radius 2 is 2.24 bits per heavy atom. The van der Waals surface area contributed by atoms with Crippen LogP contribution >= 0.6 is 27.3 Å². The van der Waals surface area contributed by atoms with Crippen LogP contribution in [0.4, 0.5) is 0 Å². The summed E-state index contributed by atoms with van der Waals surface area (Å²) in [7, 11) is 1.60. The molecule has 2 aromatic rings. The third-order valence-corrected chi connectivity index (χ3v) is 3.77. The zero-order valence-electron chi connectivity index (χ0n) is 9.27. The number of carbonyl (C=O) groups is 1. The van der Waals surface area contributed by atoms with E-state index in [1.165, 1.54) is 0 Å². The van der Waals surface area contributed by atoms with Crippen molar-refractivity contribution in [1.82, 2.24) is 0 Å². The van der Waals surface area contributed by atoms with Crippen molar-refractivity contribution in [1.29, 1.82) is 0 Å². The highest BCUT2D eigenvalue weighted by molar-refractivity contribution is 9.10. The van der Waals surface area contributed by atoms with E-state index in [4.69, 9.17) is 4.74 Å². The van der Waals surface area contributed by atoms with Crippen molar-refractivity contribution in [3.63, 3.8) is 0 Å². The molecule has 1 aromatic carbocycles. The summed E-state index contributed by atoms with van der Waals surface area (Å²) in [5, 5.41) is 3.98. The molecule has 0 N–H and O–H groups in total. The van der Waals surface area contributed by atoms with Crippen molar-refractivity contribution in [2.45, 2.75) is 6.42 Å². The van der Waals surface area contributed by atoms with Crippen LogP contribution in [0.1, 0.15) is 15.9 Å². The molecule has 0 saturated carbocycles. The molecule has 1 aromatic heterocycles. The molecule has 0 saturated heterocycles. The molecule has 2 rings (SSSR count). The van der Waals surface area contributed by atoms with Crippen molar-refractivity contribution in [2.75, 3.05) is 7.11 Å². The van der Waals surface area contributed by atoms with Gasteiger partial charge in [0.15, 0.2) is 5.78 Å². The Labute approximate surface area is 112 Å². The molecule has 0 unspecified atom stereocenters. The van der Waals surface area contributed by atoms with Gasteiger partial charge in [-0.25, -0.2) is 0 Å². The summed E-state index contributed by atoms with van der Waals surface area (Å²) in [6.07, 6.45) is 0.447. The molecule has 0 amide bonds. The molecular weight excluding hydrogens is 300 g/mol. The summed E-state index contributed by atoms with van der Waals surface area (Å²) in [6.45, 7) is 0. The van der Waals surface area contributed by atoms with Gasteiger partial charge >= 0.3 is 0 Å². The van der Waals surface area contributed by atoms with Gasteiger partial charge in [0.1, 0.15) is 5.75 Å². The van der Waals surface area contributed by atoms with Crippen molar-refractivity contribution in [3.8, 4) is 5.75 Å². The van der Waals surface area contributed by atoms with Crippen LogP contribution in [0, 0.1) is 0 Å². The van der Waals surface area contributed by atoms with Crippen molar-refractivity contribution in [3.05, 3.63) is 50.6 Å². The van der Waals surface area contributed by atoms with Crippen LogP contribution < -0.4 is 4.74 Å². The highest BCUT2D eigenvalue weighted by atomic mass is 79.9. The number of thiophene rings is 1. The highest BCUT2D eigenvalue weighted by Crippen LogP contribution is 2.26. The molecule has 0 aliphatic carbocycles. The van der Waals surface area contributed by atoms with Crippen LogP contribution in [0.25, 0.3) is 0 Å². The number of carbonyl (C=O) groups excluding carboxylic acids is 1. The lowest BCUT2D eigenvalue weighted by atomic mass is 10.1. The fraction of sp³-hybridized carbons (Fsp3) is 0.154. The number of ether oxygens (including phenoxy) is 1. The van der Waals surface area contributed by atoms with Crippen LogP contribution in [0.15, 0.2) is 39.5 Å². The van der Waals surface area contributed by atoms with Crippen molar-refractivity contribution < 1.29 is 9.53 Å². The fourth-order valence-corrected chi connectivity index (χ4v) is 2.73. The Kier molecular flexibility index (Phi) is 3.97. The van der Waals surface area contributed by atoms with E-state index in [0.29, 0.717) is 12.0 Å². The van der Waals surface area contributed by atoms with Gasteiger partial charge in [-0.1, -0.05) is 0 Å². The number of benzene rings is 1. The Bertz CT molecular complexity index is 520. The number of ketones is 1. The van der Waals surface area contributed by atoms with Crippen molar-refractivity contribution >= 4 is 33.0 Å². The van der Waals surface area contributed by atoms with E-state index in [0.717, 1.165) is 15.8 Å². The molecule has 17 heavy (non-hydrogen) atoms. The normalized spacial score (nSPS) is 10.2. The largest absolute Gasteiger partial charge is 0.496 e. The number of halogens is 1. The number of methoxy groups -OCH3 is 1. The quantitative estimate of drug-likeness (QED) is 0.799. The Balaban J connectivity index is 2.17. The Morgan fingerprint density at radius 3 is 2.82 bits per heavy atom. The van der Waals surface area contributed by atoms with Gasteiger partial charge in [0.25, 0.3) is 0 Å². The minimum atomic E-state index is 0.117. The first kappa shape index (κ1) is 12.3. The molecule has 0 fully saturated rings. The van der Waals surface area contributed by atoms with E-state index in [-0.39, 0.29) is 5.78 Å². The molecule has 0 radical (unpaired) electrons. The maximum Gasteiger partial charge on any atom is 0.167 e. The lowest BCUT2D eigenvalue weighted by Gasteiger charge is -2.05. The highest BCUT2D eigenvalue weighted by Gasteiger charge is 2.09. The first-order valence-electron chi connectivity index (χ1n) is 5.08. The second-order valence-corrected chi connectivity index (χ2v) is 5.22. The maximum absolute atomic E-state index is 12.0. The smallest absolute Gasteiger partial charge is 0.167 e.